The molecule has 0 saturated carbocycles. The van der Waals surface area contributed by atoms with E-state index >= 15 is 0 Å². The Morgan fingerprint density at radius 3 is 2.31 bits per heavy atom. The third kappa shape index (κ3) is 5.03. The van der Waals surface area contributed by atoms with Crippen LogP contribution in [0.15, 0.2) is 72.8 Å². The Hall–Kier alpha value is -2.94. The van der Waals surface area contributed by atoms with Gasteiger partial charge in [0.1, 0.15) is 0 Å². The molecule has 3 aromatic carbocycles. The van der Waals surface area contributed by atoms with Crippen molar-refractivity contribution in [2.24, 2.45) is 0 Å². The molecule has 0 radical (unpaired) electrons. The van der Waals surface area contributed by atoms with Crippen LogP contribution in [0.25, 0.3) is 0 Å². The van der Waals surface area contributed by atoms with Crippen LogP contribution in [0.3, 0.4) is 0 Å². The summed E-state index contributed by atoms with van der Waals surface area (Å²) in [4.78, 5) is 0. The zero-order chi connectivity index (χ0) is 18.2. The second kappa shape index (κ2) is 8.95. The first kappa shape index (κ1) is 17.9. The molecule has 3 rings (SSSR count). The molecular weight excluding hydrogens is 322 g/mol. The highest BCUT2D eigenvalue weighted by Crippen LogP contribution is 2.28. The lowest BCUT2D eigenvalue weighted by Crippen LogP contribution is -2.04. The molecule has 0 aliphatic carbocycles. The summed E-state index contributed by atoms with van der Waals surface area (Å²) < 4.78 is 11.4. The number of nitrogens with one attached hydrogen (secondary N) is 1. The van der Waals surface area contributed by atoms with E-state index in [0.717, 1.165) is 35.7 Å². The van der Waals surface area contributed by atoms with Gasteiger partial charge in [0.25, 0.3) is 0 Å². The number of benzene rings is 3. The van der Waals surface area contributed by atoms with Crippen molar-refractivity contribution in [2.75, 3.05) is 19.0 Å². The Bertz CT molecular complexity index is 813. The first-order valence-electron chi connectivity index (χ1n) is 8.89. The first-order valence-corrected chi connectivity index (χ1v) is 8.89. The fourth-order valence-electron chi connectivity index (χ4n) is 2.74. The second-order valence-electron chi connectivity index (χ2n) is 6.29. The van der Waals surface area contributed by atoms with Gasteiger partial charge in [-0.1, -0.05) is 54.1 Å². The van der Waals surface area contributed by atoms with Crippen molar-refractivity contribution in [3.05, 3.63) is 89.5 Å². The van der Waals surface area contributed by atoms with Crippen molar-refractivity contribution >= 4 is 5.69 Å². The smallest absolute Gasteiger partial charge is 0.161 e. The molecule has 0 amide bonds. The molecule has 0 unspecified atom stereocenters. The molecule has 3 nitrogen and oxygen atoms in total. The second-order valence-corrected chi connectivity index (χ2v) is 6.29. The molecule has 0 atom stereocenters. The standard InChI is InChI=1S/C23H25NO2/c1-18-8-11-21(12-9-18)24-17-20-10-13-22(23(16-20)25-2)26-15-14-19-6-4-3-5-7-19/h3-13,16,24H,14-15,17H2,1-2H3. The molecule has 0 aliphatic rings. The zero-order valence-electron chi connectivity index (χ0n) is 15.4. The van der Waals surface area contributed by atoms with Crippen LogP contribution in [0.1, 0.15) is 16.7 Å². The van der Waals surface area contributed by atoms with Crippen LogP contribution in [-0.2, 0) is 13.0 Å². The predicted octanol–water partition coefficient (Wildman–Crippen LogP) is 5.24. The molecule has 0 saturated heterocycles. The van der Waals surface area contributed by atoms with Crippen molar-refractivity contribution < 1.29 is 9.47 Å². The molecular formula is C23H25NO2. The van der Waals surface area contributed by atoms with E-state index in [1.54, 1.807) is 7.11 Å². The molecule has 3 heteroatoms. The van der Waals surface area contributed by atoms with Crippen LogP contribution in [0, 0.1) is 6.92 Å². The van der Waals surface area contributed by atoms with Gasteiger partial charge in [0.05, 0.1) is 13.7 Å². The molecule has 0 fully saturated rings. The van der Waals surface area contributed by atoms with Crippen molar-refractivity contribution in [3.8, 4) is 11.5 Å². The van der Waals surface area contributed by atoms with Crippen LogP contribution in [0.2, 0.25) is 0 Å². The van der Waals surface area contributed by atoms with E-state index in [-0.39, 0.29) is 0 Å². The fourth-order valence-corrected chi connectivity index (χ4v) is 2.74. The van der Waals surface area contributed by atoms with Gasteiger partial charge in [0.15, 0.2) is 11.5 Å². The van der Waals surface area contributed by atoms with Gasteiger partial charge in [-0.05, 0) is 42.3 Å². The summed E-state index contributed by atoms with van der Waals surface area (Å²) in [5, 5.41) is 3.43. The minimum absolute atomic E-state index is 0.626. The lowest BCUT2D eigenvalue weighted by atomic mass is 10.1. The van der Waals surface area contributed by atoms with Crippen LogP contribution in [-0.4, -0.2) is 13.7 Å². The van der Waals surface area contributed by atoms with Gasteiger partial charge in [0, 0.05) is 18.7 Å². The quantitative estimate of drug-likeness (QED) is 0.605. The maximum absolute atomic E-state index is 5.92. The number of ether oxygens (including phenoxy) is 2. The Morgan fingerprint density at radius 1 is 0.808 bits per heavy atom. The number of aryl methyl sites for hydroxylation is 1. The van der Waals surface area contributed by atoms with Gasteiger partial charge in [-0.2, -0.15) is 0 Å². The largest absolute Gasteiger partial charge is 0.493 e. The number of hydrogen-bond donors (Lipinski definition) is 1. The van der Waals surface area contributed by atoms with Gasteiger partial charge in [0.2, 0.25) is 0 Å². The van der Waals surface area contributed by atoms with E-state index < -0.39 is 0 Å². The summed E-state index contributed by atoms with van der Waals surface area (Å²) in [6, 6.07) is 24.8. The first-order chi connectivity index (χ1) is 12.7. The average Bonchev–Trinajstić information content (AvgIpc) is 2.69. The van der Waals surface area contributed by atoms with Crippen LogP contribution in [0.5, 0.6) is 11.5 Å². The highest BCUT2D eigenvalue weighted by Gasteiger charge is 2.06. The number of hydrogen-bond acceptors (Lipinski definition) is 3. The van der Waals surface area contributed by atoms with Crippen LogP contribution >= 0.6 is 0 Å². The normalized spacial score (nSPS) is 10.4. The Morgan fingerprint density at radius 2 is 1.58 bits per heavy atom. The lowest BCUT2D eigenvalue weighted by Gasteiger charge is -2.13. The molecule has 0 spiro atoms. The van der Waals surface area contributed by atoms with E-state index in [0.29, 0.717) is 6.61 Å². The summed E-state index contributed by atoms with van der Waals surface area (Å²) in [5.41, 5.74) is 4.79. The SMILES string of the molecule is COc1cc(CNc2ccc(C)cc2)ccc1OCCc1ccccc1. The highest BCUT2D eigenvalue weighted by molar-refractivity contribution is 5.47. The maximum Gasteiger partial charge on any atom is 0.161 e. The minimum Gasteiger partial charge on any atom is -0.493 e. The maximum atomic E-state index is 5.92. The van der Waals surface area contributed by atoms with E-state index in [4.69, 9.17) is 9.47 Å². The fraction of sp³-hybridized carbons (Fsp3) is 0.217. The summed E-state index contributed by atoms with van der Waals surface area (Å²) >= 11 is 0. The zero-order valence-corrected chi connectivity index (χ0v) is 15.4. The van der Waals surface area contributed by atoms with Crippen molar-refractivity contribution in [3.63, 3.8) is 0 Å². The van der Waals surface area contributed by atoms with E-state index in [1.807, 2.05) is 30.3 Å². The molecule has 26 heavy (non-hydrogen) atoms. The lowest BCUT2D eigenvalue weighted by molar-refractivity contribution is 0.297. The Labute approximate surface area is 155 Å². The number of rotatable bonds is 8. The van der Waals surface area contributed by atoms with Crippen LogP contribution in [0.4, 0.5) is 5.69 Å². The highest BCUT2D eigenvalue weighted by atomic mass is 16.5. The summed E-state index contributed by atoms with van der Waals surface area (Å²) in [5.74, 6) is 1.55. The van der Waals surface area contributed by atoms with Gasteiger partial charge < -0.3 is 14.8 Å². The Balaban J connectivity index is 1.57. The third-order valence-corrected chi connectivity index (χ3v) is 4.27. The topological polar surface area (TPSA) is 30.5 Å². The Kier molecular flexibility index (Phi) is 6.15. The number of methoxy groups -OCH3 is 1. The van der Waals surface area contributed by atoms with Gasteiger partial charge >= 0.3 is 0 Å². The summed E-state index contributed by atoms with van der Waals surface area (Å²) in [7, 11) is 1.68. The van der Waals surface area contributed by atoms with E-state index in [1.165, 1.54) is 11.1 Å². The predicted molar refractivity (Wildman–Crippen MR) is 107 cm³/mol. The van der Waals surface area contributed by atoms with Gasteiger partial charge in [-0.15, -0.1) is 0 Å². The summed E-state index contributed by atoms with van der Waals surface area (Å²) in [6.07, 6.45) is 0.876. The van der Waals surface area contributed by atoms with Crippen molar-refractivity contribution in [1.29, 1.82) is 0 Å². The van der Waals surface area contributed by atoms with E-state index in [2.05, 4.69) is 54.7 Å². The molecule has 0 aliphatic heterocycles. The average molecular weight is 347 g/mol. The molecule has 3 aromatic rings. The molecule has 0 bridgehead atoms. The van der Waals surface area contributed by atoms with E-state index in [9.17, 15) is 0 Å². The monoisotopic (exact) mass is 347 g/mol. The summed E-state index contributed by atoms with van der Waals surface area (Å²) in [6.45, 7) is 3.45. The van der Waals surface area contributed by atoms with Gasteiger partial charge in [-0.25, -0.2) is 0 Å². The van der Waals surface area contributed by atoms with Crippen molar-refractivity contribution in [1.82, 2.24) is 0 Å². The molecule has 134 valence electrons. The molecule has 0 aromatic heterocycles. The minimum atomic E-state index is 0.626. The molecule has 1 N–H and O–H groups in total. The van der Waals surface area contributed by atoms with Crippen molar-refractivity contribution in [2.45, 2.75) is 19.9 Å². The third-order valence-electron chi connectivity index (χ3n) is 4.27. The molecule has 0 heterocycles. The number of anilines is 1. The van der Waals surface area contributed by atoms with Crippen LogP contribution < -0.4 is 14.8 Å². The van der Waals surface area contributed by atoms with Gasteiger partial charge in [-0.3, -0.25) is 0 Å².